The Morgan fingerprint density at radius 2 is 0.769 bits per heavy atom. The van der Waals surface area contributed by atoms with Gasteiger partial charge < -0.3 is 21.3 Å². The topological polar surface area (TPSA) is 61.1 Å². The van der Waals surface area contributed by atoms with Crippen LogP contribution in [0.5, 0.6) is 0 Å². The average Bonchev–Trinajstić information content (AvgIpc) is 4.03. The van der Waals surface area contributed by atoms with Crippen LogP contribution < -0.4 is 21.3 Å². The number of para-hydroxylation sites is 4. The Balaban J connectivity index is 1.09. The molecular formula is C44H50N8. The number of rotatable bonds is 3. The second kappa shape index (κ2) is 9.91. The molecule has 4 aromatic carbocycles. The number of nitrogens with zero attached hydrogens (tertiary/aromatic N) is 4. The largest absolute Gasteiger partial charge is 0.368 e. The SMILES string of the molecule is CN1CC[C@]2([C@]34CCN(C)[C@H]3Nc3c([C@@]56CCN(C)[C@@H]5Nc5ccccc56)cccc34)c3cccc([C@@]45CCN(C)[C@@H]4Nc4ccccc45)c3N[C@H]12. The third kappa shape index (κ3) is 3.17. The molecule has 4 N–H and O–H groups in total. The number of benzene rings is 4. The van der Waals surface area contributed by atoms with Gasteiger partial charge in [-0.2, -0.15) is 0 Å². The van der Waals surface area contributed by atoms with Crippen molar-refractivity contribution >= 4 is 22.7 Å². The van der Waals surface area contributed by atoms with Crippen molar-refractivity contribution in [2.75, 3.05) is 75.6 Å². The smallest absolute Gasteiger partial charge is 0.0933 e. The number of likely N-dealkylation sites (N-methyl/N-ethyl adjacent to an activating group) is 4. The third-order valence-corrected chi connectivity index (χ3v) is 15.9. The van der Waals surface area contributed by atoms with E-state index >= 15 is 0 Å². The summed E-state index contributed by atoms with van der Waals surface area (Å²) in [7, 11) is 9.33. The summed E-state index contributed by atoms with van der Waals surface area (Å²) < 4.78 is 0. The average molecular weight is 691 g/mol. The summed E-state index contributed by atoms with van der Waals surface area (Å²) in [6, 6.07) is 33.0. The number of likely N-dealkylation sites (tertiary alicyclic amines) is 4. The molecule has 0 aromatic heterocycles. The van der Waals surface area contributed by atoms with E-state index < -0.39 is 0 Å². The van der Waals surface area contributed by atoms with E-state index in [0.717, 1.165) is 51.9 Å². The highest BCUT2D eigenvalue weighted by Crippen LogP contribution is 2.69. The zero-order chi connectivity index (χ0) is 34.8. The molecule has 8 aliphatic heterocycles. The first-order chi connectivity index (χ1) is 25.4. The van der Waals surface area contributed by atoms with Crippen LogP contribution in [0.15, 0.2) is 84.9 Å². The maximum atomic E-state index is 4.36. The molecule has 0 aliphatic carbocycles. The lowest BCUT2D eigenvalue weighted by atomic mass is 9.54. The van der Waals surface area contributed by atoms with Crippen LogP contribution in [-0.4, -0.2) is 98.6 Å². The minimum atomic E-state index is -0.101. The molecular weight excluding hydrogens is 641 g/mol. The van der Waals surface area contributed by atoms with Crippen LogP contribution in [0.3, 0.4) is 0 Å². The summed E-state index contributed by atoms with van der Waals surface area (Å²) in [4.78, 5) is 10.4. The van der Waals surface area contributed by atoms with Gasteiger partial charge in [0, 0.05) is 59.8 Å². The molecule has 8 aliphatic rings. The maximum Gasteiger partial charge on any atom is 0.0933 e. The highest BCUT2D eigenvalue weighted by Gasteiger charge is 2.72. The van der Waals surface area contributed by atoms with Gasteiger partial charge in [-0.3, -0.25) is 19.6 Å². The summed E-state index contributed by atoms with van der Waals surface area (Å²) in [6.45, 7) is 4.33. The Morgan fingerprint density at radius 1 is 0.404 bits per heavy atom. The van der Waals surface area contributed by atoms with Gasteiger partial charge in [-0.15, -0.1) is 0 Å². The molecule has 8 heterocycles. The first-order valence-corrected chi connectivity index (χ1v) is 19.7. The van der Waals surface area contributed by atoms with Gasteiger partial charge in [0.25, 0.3) is 0 Å². The molecule has 0 amide bonds. The van der Waals surface area contributed by atoms with Crippen LogP contribution in [0.1, 0.15) is 59.1 Å². The van der Waals surface area contributed by atoms with Crippen molar-refractivity contribution in [2.45, 2.75) is 72.0 Å². The van der Waals surface area contributed by atoms with Crippen molar-refractivity contribution in [1.82, 2.24) is 19.6 Å². The monoisotopic (exact) mass is 690 g/mol. The minimum absolute atomic E-state index is 0.100. The quantitative estimate of drug-likeness (QED) is 0.216. The van der Waals surface area contributed by atoms with Gasteiger partial charge in [0.15, 0.2) is 0 Å². The van der Waals surface area contributed by atoms with Crippen molar-refractivity contribution in [2.24, 2.45) is 0 Å². The molecule has 8 nitrogen and oxygen atoms in total. The lowest BCUT2D eigenvalue weighted by Gasteiger charge is -2.48. The van der Waals surface area contributed by atoms with Crippen molar-refractivity contribution in [3.63, 3.8) is 0 Å². The minimum Gasteiger partial charge on any atom is -0.368 e. The van der Waals surface area contributed by atoms with E-state index in [0.29, 0.717) is 0 Å². The molecule has 266 valence electrons. The van der Waals surface area contributed by atoms with Crippen LogP contribution in [0.4, 0.5) is 22.7 Å². The molecule has 4 aromatic rings. The Labute approximate surface area is 307 Å². The summed E-state index contributed by atoms with van der Waals surface area (Å²) >= 11 is 0. The maximum absolute atomic E-state index is 4.36. The lowest BCUT2D eigenvalue weighted by Crippen LogP contribution is -2.60. The predicted octanol–water partition coefficient (Wildman–Crippen LogP) is 5.78. The summed E-state index contributed by atoms with van der Waals surface area (Å²) in [6.07, 6.45) is 5.41. The van der Waals surface area contributed by atoms with E-state index in [1.807, 2.05) is 0 Å². The van der Waals surface area contributed by atoms with Crippen LogP contribution in [0.25, 0.3) is 0 Å². The molecule has 4 fully saturated rings. The highest BCUT2D eigenvalue weighted by atomic mass is 15.4. The number of fused-ring (bicyclic) bond motifs is 13. The fraction of sp³-hybridized carbons (Fsp3) is 0.455. The number of hydrogen-bond acceptors (Lipinski definition) is 8. The molecule has 0 spiro atoms. The molecule has 8 atom stereocenters. The van der Waals surface area contributed by atoms with Gasteiger partial charge >= 0.3 is 0 Å². The van der Waals surface area contributed by atoms with Gasteiger partial charge in [0.1, 0.15) is 0 Å². The van der Waals surface area contributed by atoms with Gasteiger partial charge in [-0.1, -0.05) is 72.8 Å². The Kier molecular flexibility index (Phi) is 5.79. The fourth-order valence-corrected chi connectivity index (χ4v) is 13.8. The molecule has 12 rings (SSSR count). The van der Waals surface area contributed by atoms with Crippen molar-refractivity contribution in [3.8, 4) is 0 Å². The molecule has 8 heteroatoms. The second-order valence-corrected chi connectivity index (χ2v) is 17.5. The standard InChI is InChI=1S/C44H50N8/c1-49-23-19-41(27-11-5-7-17-33(27)45-37(41)49)29-13-9-15-31-35(29)47-39-43(31,21-25-51(39)3)44-22-26-52(4)40(44)48-36-30(14-10-16-32(36)44)42-20-24-50(2)38(42)46-34-18-8-6-12-28(34)42/h5-18,37-40,45-48H,19-26H2,1-4H3/t37-,38-,39+,40+,41-,42-,43-,44-/m0/s1. The van der Waals surface area contributed by atoms with Gasteiger partial charge in [0.05, 0.1) is 35.5 Å². The summed E-state index contributed by atoms with van der Waals surface area (Å²) in [5.41, 5.74) is 13.9. The van der Waals surface area contributed by atoms with Crippen molar-refractivity contribution < 1.29 is 0 Å². The van der Waals surface area contributed by atoms with E-state index in [9.17, 15) is 0 Å². The van der Waals surface area contributed by atoms with Crippen LogP contribution >= 0.6 is 0 Å². The molecule has 0 radical (unpaired) electrons. The predicted molar refractivity (Wildman–Crippen MR) is 209 cm³/mol. The fourth-order valence-electron chi connectivity index (χ4n) is 13.8. The number of hydrogen-bond donors (Lipinski definition) is 4. The van der Waals surface area contributed by atoms with Crippen LogP contribution in [0, 0.1) is 0 Å². The first-order valence-electron chi connectivity index (χ1n) is 19.7. The summed E-state index contributed by atoms with van der Waals surface area (Å²) in [5, 5.41) is 16.7. The van der Waals surface area contributed by atoms with Gasteiger partial charge in [-0.25, -0.2) is 0 Å². The van der Waals surface area contributed by atoms with Crippen molar-refractivity contribution in [3.05, 3.63) is 118 Å². The second-order valence-electron chi connectivity index (χ2n) is 17.5. The Morgan fingerprint density at radius 3 is 1.23 bits per heavy atom. The van der Waals surface area contributed by atoms with E-state index in [1.165, 1.54) is 56.1 Å². The number of nitrogens with one attached hydrogen (secondary N) is 4. The summed E-state index contributed by atoms with van der Waals surface area (Å²) in [5.74, 6) is 0. The molecule has 52 heavy (non-hydrogen) atoms. The van der Waals surface area contributed by atoms with E-state index in [1.54, 1.807) is 0 Å². The highest BCUT2D eigenvalue weighted by molar-refractivity contribution is 5.81. The first kappa shape index (κ1) is 30.4. The lowest BCUT2D eigenvalue weighted by molar-refractivity contribution is 0.147. The Hall–Kier alpha value is -4.08. The Bertz CT molecular complexity index is 2030. The molecule has 0 unspecified atom stereocenters. The number of anilines is 4. The zero-order valence-corrected chi connectivity index (χ0v) is 30.8. The van der Waals surface area contributed by atoms with Crippen molar-refractivity contribution in [1.29, 1.82) is 0 Å². The zero-order valence-electron chi connectivity index (χ0n) is 30.8. The van der Waals surface area contributed by atoms with Crippen LogP contribution in [-0.2, 0) is 21.7 Å². The van der Waals surface area contributed by atoms with Gasteiger partial charge in [-0.05, 0) is 99.4 Å². The van der Waals surface area contributed by atoms with E-state index in [2.05, 4.69) is 154 Å². The van der Waals surface area contributed by atoms with Gasteiger partial charge in [0.2, 0.25) is 0 Å². The third-order valence-electron chi connectivity index (χ3n) is 15.9. The van der Waals surface area contributed by atoms with E-state index in [-0.39, 0.29) is 46.3 Å². The molecule has 4 saturated heterocycles. The molecule has 0 bridgehead atoms. The van der Waals surface area contributed by atoms with E-state index in [4.69, 9.17) is 0 Å². The normalized spacial score (nSPS) is 38.0. The van der Waals surface area contributed by atoms with Crippen LogP contribution in [0.2, 0.25) is 0 Å². The molecule has 0 saturated carbocycles.